The summed E-state index contributed by atoms with van der Waals surface area (Å²) < 4.78 is 0. The molecule has 2 aliphatic heterocycles. The number of oxime groups is 1. The zero-order chi connectivity index (χ0) is 17.3. The predicted molar refractivity (Wildman–Crippen MR) is 92.8 cm³/mol. The van der Waals surface area contributed by atoms with E-state index in [0.717, 1.165) is 30.7 Å². The summed E-state index contributed by atoms with van der Waals surface area (Å²) in [7, 11) is 0. The molecule has 0 aromatic carbocycles. The number of aromatic amines is 1. The van der Waals surface area contributed by atoms with Gasteiger partial charge in [0.2, 0.25) is 6.10 Å². The number of nitrogens with one attached hydrogen (secondary N) is 1. The summed E-state index contributed by atoms with van der Waals surface area (Å²) in [6.07, 6.45) is 3.24. The van der Waals surface area contributed by atoms with Crippen LogP contribution in [0, 0.1) is 5.92 Å². The molecule has 3 heterocycles. The molecule has 2 atom stereocenters. The Morgan fingerprint density at radius 2 is 2.21 bits per heavy atom. The molecule has 1 N–H and O–H groups in total. The molecule has 0 radical (unpaired) electrons. The molecule has 3 rings (SSSR count). The van der Waals surface area contributed by atoms with E-state index >= 15 is 0 Å². The molecule has 0 fully saturated rings. The fraction of sp³-hybridized carbons (Fsp3) is 0.722. The van der Waals surface area contributed by atoms with Crippen molar-refractivity contribution in [2.75, 3.05) is 6.54 Å². The summed E-state index contributed by atoms with van der Waals surface area (Å²) in [5.74, 6) is 0.796. The Kier molecular flexibility index (Phi) is 4.92. The summed E-state index contributed by atoms with van der Waals surface area (Å²) in [4.78, 5) is 20.1. The Bertz CT molecular complexity index is 635. The van der Waals surface area contributed by atoms with Crippen molar-refractivity contribution in [2.24, 2.45) is 11.1 Å². The lowest BCUT2D eigenvalue weighted by Crippen LogP contribution is -2.42. The van der Waals surface area contributed by atoms with E-state index in [1.54, 1.807) is 0 Å². The molecule has 2 aliphatic rings. The minimum absolute atomic E-state index is 0.0512. The molecule has 1 amide bonds. The number of fused-ring (bicyclic) bond motifs is 1. The van der Waals surface area contributed by atoms with Crippen molar-refractivity contribution in [3.05, 3.63) is 17.0 Å². The van der Waals surface area contributed by atoms with Crippen LogP contribution in [0.1, 0.15) is 69.8 Å². The number of carbonyl (C=O) groups is 1. The fourth-order valence-electron chi connectivity index (χ4n) is 3.56. The normalized spacial score (nSPS) is 21.5. The van der Waals surface area contributed by atoms with Crippen molar-refractivity contribution >= 4 is 11.6 Å². The van der Waals surface area contributed by atoms with Crippen molar-refractivity contribution in [3.63, 3.8) is 0 Å². The third-order valence-electron chi connectivity index (χ3n) is 5.10. The van der Waals surface area contributed by atoms with E-state index in [9.17, 15) is 4.79 Å². The van der Waals surface area contributed by atoms with Crippen molar-refractivity contribution in [1.29, 1.82) is 0 Å². The van der Waals surface area contributed by atoms with Crippen molar-refractivity contribution < 1.29 is 9.63 Å². The first-order chi connectivity index (χ1) is 11.5. The number of aromatic nitrogens is 2. The Morgan fingerprint density at radius 1 is 1.42 bits per heavy atom. The second kappa shape index (κ2) is 6.95. The minimum Gasteiger partial charge on any atom is -0.382 e. The minimum atomic E-state index is -0.452. The highest BCUT2D eigenvalue weighted by Gasteiger charge is 2.35. The third kappa shape index (κ3) is 3.19. The first-order valence-corrected chi connectivity index (χ1v) is 9.08. The average Bonchev–Trinajstić information content (AvgIpc) is 3.21. The number of hydrogen-bond donors (Lipinski definition) is 1. The summed E-state index contributed by atoms with van der Waals surface area (Å²) in [5, 5.41) is 11.8. The molecule has 1 aromatic heterocycles. The highest BCUT2D eigenvalue weighted by atomic mass is 16.6. The van der Waals surface area contributed by atoms with Crippen LogP contribution < -0.4 is 0 Å². The highest BCUT2D eigenvalue weighted by Crippen LogP contribution is 2.29. The predicted octanol–water partition coefficient (Wildman–Crippen LogP) is 3.00. The van der Waals surface area contributed by atoms with Gasteiger partial charge in [-0.15, -0.1) is 0 Å². The molecule has 0 unspecified atom stereocenters. The molecular formula is C18H28N4O2. The van der Waals surface area contributed by atoms with Crippen LogP contribution in [0.5, 0.6) is 0 Å². The topological polar surface area (TPSA) is 70.6 Å². The molecular weight excluding hydrogens is 304 g/mol. The van der Waals surface area contributed by atoms with Gasteiger partial charge in [0.25, 0.3) is 5.91 Å². The van der Waals surface area contributed by atoms with E-state index in [-0.39, 0.29) is 5.91 Å². The van der Waals surface area contributed by atoms with Gasteiger partial charge >= 0.3 is 0 Å². The van der Waals surface area contributed by atoms with Gasteiger partial charge in [0.15, 0.2) is 0 Å². The average molecular weight is 332 g/mol. The fourth-order valence-corrected chi connectivity index (χ4v) is 3.56. The van der Waals surface area contributed by atoms with E-state index < -0.39 is 6.10 Å². The van der Waals surface area contributed by atoms with Crippen LogP contribution in [-0.2, 0) is 22.6 Å². The van der Waals surface area contributed by atoms with E-state index in [2.05, 4.69) is 43.0 Å². The van der Waals surface area contributed by atoms with E-state index in [0.29, 0.717) is 31.3 Å². The molecule has 0 bridgehead atoms. The Morgan fingerprint density at radius 3 is 2.88 bits per heavy atom. The van der Waals surface area contributed by atoms with Gasteiger partial charge in [0.05, 0.1) is 11.4 Å². The van der Waals surface area contributed by atoms with Crippen LogP contribution in [-0.4, -0.2) is 39.4 Å². The molecule has 24 heavy (non-hydrogen) atoms. The summed E-state index contributed by atoms with van der Waals surface area (Å²) in [5.41, 5.74) is 4.49. The van der Waals surface area contributed by atoms with E-state index in [1.807, 2.05) is 4.90 Å². The van der Waals surface area contributed by atoms with Crippen molar-refractivity contribution in [1.82, 2.24) is 15.1 Å². The van der Waals surface area contributed by atoms with Crippen LogP contribution in [0.4, 0.5) is 0 Å². The highest BCUT2D eigenvalue weighted by molar-refractivity contribution is 5.93. The second-order valence-corrected chi connectivity index (χ2v) is 7.30. The van der Waals surface area contributed by atoms with Crippen molar-refractivity contribution in [3.8, 4) is 0 Å². The lowest BCUT2D eigenvalue weighted by atomic mass is 9.94. The molecule has 1 aromatic rings. The third-order valence-corrected chi connectivity index (χ3v) is 5.10. The summed E-state index contributed by atoms with van der Waals surface area (Å²) in [6, 6.07) is 0. The van der Waals surface area contributed by atoms with Gasteiger partial charge in [-0.3, -0.25) is 9.89 Å². The lowest BCUT2D eigenvalue weighted by molar-refractivity contribution is -0.143. The summed E-state index contributed by atoms with van der Waals surface area (Å²) in [6.45, 7) is 9.90. The molecule has 0 spiro atoms. The van der Waals surface area contributed by atoms with Gasteiger partial charge in [0, 0.05) is 43.1 Å². The number of rotatable bonds is 5. The second-order valence-electron chi connectivity index (χ2n) is 7.30. The van der Waals surface area contributed by atoms with Crippen LogP contribution >= 0.6 is 0 Å². The SMILES string of the molecule is CCC[C@@H](C)c1n[nH]c2c1CN(C(=O)[C@H]1CC(C(C)C)=NO1)CC2. The van der Waals surface area contributed by atoms with Gasteiger partial charge in [-0.05, 0) is 12.3 Å². The maximum atomic E-state index is 12.8. The zero-order valence-electron chi connectivity index (χ0n) is 15.1. The van der Waals surface area contributed by atoms with Gasteiger partial charge in [-0.25, -0.2) is 0 Å². The van der Waals surface area contributed by atoms with Gasteiger partial charge in [-0.2, -0.15) is 5.10 Å². The van der Waals surface area contributed by atoms with E-state index in [1.165, 1.54) is 11.3 Å². The van der Waals surface area contributed by atoms with E-state index in [4.69, 9.17) is 4.84 Å². The molecule has 0 saturated heterocycles. The van der Waals surface area contributed by atoms with Crippen LogP contribution in [0.25, 0.3) is 0 Å². The van der Waals surface area contributed by atoms with Gasteiger partial charge in [-0.1, -0.05) is 39.3 Å². The molecule has 132 valence electrons. The molecule has 0 saturated carbocycles. The van der Waals surface area contributed by atoms with Crippen LogP contribution in [0.15, 0.2) is 5.16 Å². The first-order valence-electron chi connectivity index (χ1n) is 9.08. The van der Waals surface area contributed by atoms with Crippen molar-refractivity contribution in [2.45, 2.75) is 71.9 Å². The quantitative estimate of drug-likeness (QED) is 0.901. The Hall–Kier alpha value is -1.85. The standard InChI is InChI=1S/C18H28N4O2/c1-5-6-12(4)17-13-10-22(8-7-14(13)19-20-17)18(23)16-9-15(11(2)3)21-24-16/h11-12,16H,5-10H2,1-4H3,(H,19,20)/t12-,16-/m1/s1. The molecule has 6 nitrogen and oxygen atoms in total. The van der Waals surface area contributed by atoms with Crippen LogP contribution in [0.2, 0.25) is 0 Å². The largest absolute Gasteiger partial charge is 0.382 e. The number of amides is 1. The maximum absolute atomic E-state index is 12.8. The summed E-state index contributed by atoms with van der Waals surface area (Å²) >= 11 is 0. The zero-order valence-corrected chi connectivity index (χ0v) is 15.1. The number of nitrogens with zero attached hydrogens (tertiary/aromatic N) is 3. The van der Waals surface area contributed by atoms with Gasteiger partial charge in [0.1, 0.15) is 0 Å². The Labute approximate surface area is 143 Å². The number of carbonyl (C=O) groups excluding carboxylic acids is 1. The first kappa shape index (κ1) is 17.0. The Balaban J connectivity index is 1.69. The molecule has 6 heteroatoms. The lowest BCUT2D eigenvalue weighted by Gasteiger charge is -2.29. The number of H-pyrrole nitrogens is 1. The molecule has 0 aliphatic carbocycles. The van der Waals surface area contributed by atoms with Crippen LogP contribution in [0.3, 0.4) is 0 Å². The monoisotopic (exact) mass is 332 g/mol. The maximum Gasteiger partial charge on any atom is 0.267 e. The smallest absolute Gasteiger partial charge is 0.267 e. The van der Waals surface area contributed by atoms with Gasteiger partial charge < -0.3 is 9.74 Å². The number of hydrogen-bond acceptors (Lipinski definition) is 4.